The minimum absolute atomic E-state index is 0.0274. The second kappa shape index (κ2) is 6.31. The summed E-state index contributed by atoms with van der Waals surface area (Å²) in [5, 5.41) is 10.4. The number of imide groups is 1. The largest absolute Gasteiger partial charge is 0.341 e. The average Bonchev–Trinajstić information content (AvgIpc) is 2.82. The first kappa shape index (κ1) is 13.6. The molecule has 0 saturated heterocycles. The molecule has 1 aromatic heterocycles. The van der Waals surface area contributed by atoms with Crippen molar-refractivity contribution in [2.75, 3.05) is 7.05 Å². The van der Waals surface area contributed by atoms with Gasteiger partial charge in [-0.15, -0.1) is 11.3 Å². The van der Waals surface area contributed by atoms with E-state index in [1.54, 1.807) is 13.1 Å². The van der Waals surface area contributed by atoms with Crippen LogP contribution >= 0.6 is 11.3 Å². The van der Waals surface area contributed by atoms with Gasteiger partial charge in [0.05, 0.1) is 12.1 Å². The summed E-state index contributed by atoms with van der Waals surface area (Å²) in [6.45, 7) is 3.62. The third kappa shape index (κ3) is 4.12. The van der Waals surface area contributed by atoms with Gasteiger partial charge in [-0.05, 0) is 13.8 Å². The molecule has 17 heavy (non-hydrogen) atoms. The molecule has 2 atom stereocenters. The highest BCUT2D eigenvalue weighted by Gasteiger charge is 2.18. The number of hydrogen-bond acceptors (Lipinski definition) is 5. The lowest BCUT2D eigenvalue weighted by atomic mass is 10.2. The Hall–Kier alpha value is -1.47. The summed E-state index contributed by atoms with van der Waals surface area (Å²) in [7, 11) is 1.46. The van der Waals surface area contributed by atoms with E-state index >= 15 is 0 Å². The summed E-state index contributed by atoms with van der Waals surface area (Å²) in [4.78, 5) is 26.7. The van der Waals surface area contributed by atoms with Crippen LogP contribution in [0.2, 0.25) is 0 Å². The second-order valence-electron chi connectivity index (χ2n) is 3.55. The van der Waals surface area contributed by atoms with Crippen LogP contribution in [0.5, 0.6) is 0 Å². The molecule has 6 nitrogen and oxygen atoms in total. The third-order valence-electron chi connectivity index (χ3n) is 2.18. The quantitative estimate of drug-likeness (QED) is 0.738. The van der Waals surface area contributed by atoms with Crippen LogP contribution in [0.15, 0.2) is 11.6 Å². The van der Waals surface area contributed by atoms with Crippen molar-refractivity contribution in [2.24, 2.45) is 0 Å². The van der Waals surface area contributed by atoms with E-state index in [0.717, 1.165) is 5.01 Å². The zero-order valence-corrected chi connectivity index (χ0v) is 10.8. The molecule has 3 amide bonds. The van der Waals surface area contributed by atoms with Crippen molar-refractivity contribution in [1.29, 1.82) is 0 Å². The van der Waals surface area contributed by atoms with Crippen molar-refractivity contribution in [2.45, 2.75) is 25.9 Å². The van der Waals surface area contributed by atoms with Crippen molar-refractivity contribution in [3.05, 3.63) is 16.6 Å². The molecule has 0 aliphatic heterocycles. The number of carbonyl (C=O) groups is 2. The van der Waals surface area contributed by atoms with Crippen LogP contribution in [0.25, 0.3) is 0 Å². The predicted octanol–water partition coefficient (Wildman–Crippen LogP) is 0.638. The van der Waals surface area contributed by atoms with E-state index in [1.807, 2.05) is 12.3 Å². The van der Waals surface area contributed by atoms with Gasteiger partial charge in [-0.2, -0.15) is 0 Å². The van der Waals surface area contributed by atoms with Crippen LogP contribution in [-0.2, 0) is 4.79 Å². The lowest BCUT2D eigenvalue weighted by Crippen LogP contribution is -2.47. The van der Waals surface area contributed by atoms with Crippen LogP contribution in [0, 0.1) is 0 Å². The molecule has 0 aromatic carbocycles. The van der Waals surface area contributed by atoms with E-state index in [-0.39, 0.29) is 11.9 Å². The lowest BCUT2D eigenvalue weighted by molar-refractivity contribution is -0.121. The Morgan fingerprint density at radius 3 is 2.65 bits per heavy atom. The third-order valence-corrected chi connectivity index (χ3v) is 3.14. The first-order valence-electron chi connectivity index (χ1n) is 5.22. The number of urea groups is 1. The first-order valence-corrected chi connectivity index (χ1v) is 6.10. The highest BCUT2D eigenvalue weighted by Crippen LogP contribution is 2.15. The number of carbonyl (C=O) groups excluding carboxylic acids is 2. The van der Waals surface area contributed by atoms with Crippen LogP contribution in [0.4, 0.5) is 4.79 Å². The van der Waals surface area contributed by atoms with Gasteiger partial charge in [0.1, 0.15) is 5.01 Å². The monoisotopic (exact) mass is 256 g/mol. The molecule has 0 radical (unpaired) electrons. The minimum atomic E-state index is -0.509. The maximum absolute atomic E-state index is 11.6. The number of nitrogens with zero attached hydrogens (tertiary/aromatic N) is 1. The zero-order chi connectivity index (χ0) is 12.8. The van der Waals surface area contributed by atoms with Gasteiger partial charge in [0.2, 0.25) is 5.91 Å². The Morgan fingerprint density at radius 2 is 2.12 bits per heavy atom. The van der Waals surface area contributed by atoms with E-state index in [9.17, 15) is 9.59 Å². The molecular formula is C10H16N4O2S. The molecule has 0 spiro atoms. The van der Waals surface area contributed by atoms with E-state index in [1.165, 1.54) is 18.4 Å². The summed E-state index contributed by atoms with van der Waals surface area (Å²) in [5.74, 6) is -0.368. The van der Waals surface area contributed by atoms with Gasteiger partial charge in [-0.3, -0.25) is 15.4 Å². The van der Waals surface area contributed by atoms with Crippen LogP contribution in [0.3, 0.4) is 0 Å². The molecule has 1 aromatic rings. The number of aromatic nitrogens is 1. The number of rotatable bonds is 4. The van der Waals surface area contributed by atoms with E-state index in [0.29, 0.717) is 0 Å². The van der Waals surface area contributed by atoms with Gasteiger partial charge in [-0.1, -0.05) is 0 Å². The van der Waals surface area contributed by atoms with Crippen molar-refractivity contribution in [1.82, 2.24) is 20.9 Å². The molecule has 0 aliphatic carbocycles. The zero-order valence-electron chi connectivity index (χ0n) is 9.98. The molecule has 7 heteroatoms. The molecule has 3 N–H and O–H groups in total. The van der Waals surface area contributed by atoms with Crippen LogP contribution in [0.1, 0.15) is 24.9 Å². The van der Waals surface area contributed by atoms with E-state index < -0.39 is 12.1 Å². The van der Waals surface area contributed by atoms with Crippen molar-refractivity contribution >= 4 is 23.3 Å². The normalized spacial score (nSPS) is 13.8. The fourth-order valence-corrected chi connectivity index (χ4v) is 1.91. The maximum Gasteiger partial charge on any atom is 0.321 e. The summed E-state index contributed by atoms with van der Waals surface area (Å²) < 4.78 is 0. The fraction of sp³-hybridized carbons (Fsp3) is 0.500. The maximum atomic E-state index is 11.6. The number of amides is 3. The average molecular weight is 256 g/mol. The van der Waals surface area contributed by atoms with Gasteiger partial charge in [0, 0.05) is 18.6 Å². The van der Waals surface area contributed by atoms with Gasteiger partial charge in [-0.25, -0.2) is 9.78 Å². The Labute approximate surface area is 104 Å². The van der Waals surface area contributed by atoms with Gasteiger partial charge in [0.25, 0.3) is 0 Å². The Balaban J connectivity index is 2.46. The van der Waals surface area contributed by atoms with Crippen LogP contribution < -0.4 is 16.0 Å². The molecule has 0 bridgehead atoms. The molecule has 0 saturated carbocycles. The standard InChI is InChI=1S/C10H16N4O2S/c1-6(8(15)14-10(16)11-3)13-7(2)9-12-4-5-17-9/h4-7,13H,1-3H3,(H2,11,14,15,16). The predicted molar refractivity (Wildman–Crippen MR) is 65.7 cm³/mol. The van der Waals surface area contributed by atoms with Crippen molar-refractivity contribution in [3.8, 4) is 0 Å². The molecule has 2 unspecified atom stereocenters. The Morgan fingerprint density at radius 1 is 1.41 bits per heavy atom. The number of hydrogen-bond donors (Lipinski definition) is 3. The molecule has 1 rings (SSSR count). The minimum Gasteiger partial charge on any atom is -0.341 e. The molecule has 1 heterocycles. The number of nitrogens with one attached hydrogen (secondary N) is 3. The molecule has 94 valence electrons. The summed E-state index contributed by atoms with van der Waals surface area (Å²) in [6.07, 6.45) is 1.72. The lowest BCUT2D eigenvalue weighted by Gasteiger charge is -2.17. The summed E-state index contributed by atoms with van der Waals surface area (Å²) in [5.41, 5.74) is 0. The molecule has 0 fully saturated rings. The molecular weight excluding hydrogens is 240 g/mol. The van der Waals surface area contributed by atoms with Crippen molar-refractivity contribution < 1.29 is 9.59 Å². The Kier molecular flexibility index (Phi) is 5.05. The highest BCUT2D eigenvalue weighted by molar-refractivity contribution is 7.09. The SMILES string of the molecule is CNC(=O)NC(=O)C(C)NC(C)c1nccs1. The van der Waals surface area contributed by atoms with Crippen LogP contribution in [-0.4, -0.2) is 30.0 Å². The van der Waals surface area contributed by atoms with Crippen molar-refractivity contribution in [3.63, 3.8) is 0 Å². The second-order valence-corrected chi connectivity index (χ2v) is 4.47. The van der Waals surface area contributed by atoms with E-state index in [2.05, 4.69) is 20.9 Å². The highest BCUT2D eigenvalue weighted by atomic mass is 32.1. The fourth-order valence-electron chi connectivity index (χ4n) is 1.25. The first-order chi connectivity index (χ1) is 8.04. The summed E-state index contributed by atoms with van der Waals surface area (Å²) >= 11 is 1.52. The smallest absolute Gasteiger partial charge is 0.321 e. The number of thiazole rings is 1. The van der Waals surface area contributed by atoms with E-state index in [4.69, 9.17) is 0 Å². The van der Waals surface area contributed by atoms with Gasteiger partial charge in [0.15, 0.2) is 0 Å². The summed E-state index contributed by atoms with van der Waals surface area (Å²) in [6, 6.07) is -1.00. The Bertz CT molecular complexity index is 380. The van der Waals surface area contributed by atoms with Gasteiger partial charge < -0.3 is 5.32 Å². The molecule has 0 aliphatic rings. The topological polar surface area (TPSA) is 83.1 Å². The van der Waals surface area contributed by atoms with Gasteiger partial charge >= 0.3 is 6.03 Å².